The minimum atomic E-state index is -0.238. The highest BCUT2D eigenvalue weighted by Crippen LogP contribution is 2.27. The molecule has 2 aromatic rings. The van der Waals surface area contributed by atoms with Crippen LogP contribution in [0.5, 0.6) is 5.75 Å². The number of hydrogen-bond donors (Lipinski definition) is 2. The Morgan fingerprint density at radius 3 is 2.31 bits per heavy atom. The maximum atomic E-state index is 11.9. The van der Waals surface area contributed by atoms with Crippen molar-refractivity contribution in [2.75, 3.05) is 11.9 Å². The Hall–Kier alpha value is -1.24. The van der Waals surface area contributed by atoms with Crippen LogP contribution in [0.25, 0.3) is 0 Å². The Bertz CT molecular complexity index is 817. The zero-order valence-electron chi connectivity index (χ0n) is 13.3. The summed E-state index contributed by atoms with van der Waals surface area (Å²) < 4.78 is 5.52. The molecule has 2 rings (SSSR count). The second kappa shape index (κ2) is 10.2. The van der Waals surface area contributed by atoms with E-state index in [9.17, 15) is 4.79 Å². The minimum absolute atomic E-state index is 0.154. The quantitative estimate of drug-likeness (QED) is 0.419. The number of halogens is 4. The molecular weight excluding hydrogens is 438 g/mol. The predicted octanol–water partition coefficient (Wildman–Crippen LogP) is 5.97. The van der Waals surface area contributed by atoms with Gasteiger partial charge >= 0.3 is 0 Å². The Kier molecular flexibility index (Phi) is 8.25. The molecule has 0 saturated heterocycles. The third-order valence-electron chi connectivity index (χ3n) is 3.13. The van der Waals surface area contributed by atoms with Crippen molar-refractivity contribution in [2.45, 2.75) is 12.8 Å². The molecule has 9 heteroatoms. The molecule has 0 saturated carbocycles. The molecule has 0 bridgehead atoms. The second-order valence-corrected chi connectivity index (χ2v) is 7.25. The summed E-state index contributed by atoms with van der Waals surface area (Å²) in [6, 6.07) is 9.87. The fourth-order valence-corrected chi connectivity index (χ4v) is 3.08. The maximum Gasteiger partial charge on any atom is 0.226 e. The van der Waals surface area contributed by atoms with Crippen molar-refractivity contribution < 1.29 is 9.53 Å². The summed E-state index contributed by atoms with van der Waals surface area (Å²) >= 11 is 28.8. The van der Waals surface area contributed by atoms with Crippen LogP contribution >= 0.6 is 58.6 Å². The van der Waals surface area contributed by atoms with Crippen LogP contribution in [0.3, 0.4) is 0 Å². The molecule has 2 N–H and O–H groups in total. The second-order valence-electron chi connectivity index (χ2n) is 5.15. The fraction of sp³-hybridized carbons (Fsp3) is 0.176. The molecule has 0 aliphatic heterocycles. The van der Waals surface area contributed by atoms with Crippen molar-refractivity contribution in [3.05, 3.63) is 56.5 Å². The number of nitrogens with one attached hydrogen (secondary N) is 2. The molecule has 4 nitrogen and oxygen atoms in total. The lowest BCUT2D eigenvalue weighted by atomic mass is 10.3. The van der Waals surface area contributed by atoms with E-state index in [1.165, 1.54) is 0 Å². The molecule has 26 heavy (non-hydrogen) atoms. The number of carbonyl (C=O) groups is 1. The minimum Gasteiger partial charge on any atom is -0.492 e. The Morgan fingerprint density at radius 1 is 1.00 bits per heavy atom. The highest BCUT2D eigenvalue weighted by molar-refractivity contribution is 7.80. The summed E-state index contributed by atoms with van der Waals surface area (Å²) in [5, 5.41) is 7.45. The number of amides is 1. The number of anilines is 1. The summed E-state index contributed by atoms with van der Waals surface area (Å²) in [4.78, 5) is 11.9. The molecule has 0 aliphatic carbocycles. The first-order chi connectivity index (χ1) is 12.3. The van der Waals surface area contributed by atoms with Gasteiger partial charge in [-0.15, -0.1) is 0 Å². The predicted molar refractivity (Wildman–Crippen MR) is 112 cm³/mol. The van der Waals surface area contributed by atoms with Gasteiger partial charge in [0, 0.05) is 16.5 Å². The average molecular weight is 452 g/mol. The number of carbonyl (C=O) groups excluding carboxylic acids is 1. The first-order valence-electron chi connectivity index (χ1n) is 7.49. The van der Waals surface area contributed by atoms with Gasteiger partial charge in [0.05, 0.1) is 22.3 Å². The standard InChI is InChI=1S/C17H14Cl4N2O2S/c18-10-3-5-14(12(20)8-10)22-17(26)23-16(24)2-1-7-25-15-6-4-11(19)9-13(15)21/h3-6,8-9H,1-2,7H2,(H2,22,23,24,26). The highest BCUT2D eigenvalue weighted by Gasteiger charge is 2.08. The van der Waals surface area contributed by atoms with E-state index in [2.05, 4.69) is 10.6 Å². The van der Waals surface area contributed by atoms with Gasteiger partial charge in [0.15, 0.2) is 5.11 Å². The number of hydrogen-bond acceptors (Lipinski definition) is 3. The molecular formula is C17H14Cl4N2O2S. The largest absolute Gasteiger partial charge is 0.492 e. The molecule has 1 amide bonds. The van der Waals surface area contributed by atoms with Crippen molar-refractivity contribution in [1.29, 1.82) is 0 Å². The third kappa shape index (κ3) is 6.82. The van der Waals surface area contributed by atoms with Gasteiger partial charge in [-0.3, -0.25) is 4.79 Å². The molecule has 0 aliphatic rings. The van der Waals surface area contributed by atoms with Crippen LogP contribution < -0.4 is 15.4 Å². The van der Waals surface area contributed by atoms with Gasteiger partial charge in [-0.25, -0.2) is 0 Å². The van der Waals surface area contributed by atoms with Crippen LogP contribution in [0.15, 0.2) is 36.4 Å². The zero-order valence-corrected chi connectivity index (χ0v) is 17.2. The zero-order chi connectivity index (χ0) is 19.1. The molecule has 0 unspecified atom stereocenters. The maximum absolute atomic E-state index is 11.9. The Morgan fingerprint density at radius 2 is 1.65 bits per heavy atom. The van der Waals surface area contributed by atoms with E-state index < -0.39 is 0 Å². The number of ether oxygens (including phenoxy) is 1. The fourth-order valence-electron chi connectivity index (χ4n) is 1.94. The lowest BCUT2D eigenvalue weighted by Gasteiger charge is -2.11. The van der Waals surface area contributed by atoms with Crippen molar-refractivity contribution in [3.63, 3.8) is 0 Å². The summed E-state index contributed by atoms with van der Waals surface area (Å²) in [5.74, 6) is 0.282. The van der Waals surface area contributed by atoms with E-state index in [4.69, 9.17) is 63.4 Å². The van der Waals surface area contributed by atoms with Gasteiger partial charge in [0.25, 0.3) is 0 Å². The van der Waals surface area contributed by atoms with Crippen molar-refractivity contribution >= 4 is 75.3 Å². The first kappa shape index (κ1) is 21.1. The summed E-state index contributed by atoms with van der Waals surface area (Å²) in [5.41, 5.74) is 0.557. The SMILES string of the molecule is O=C(CCCOc1ccc(Cl)cc1Cl)NC(=S)Nc1ccc(Cl)cc1Cl. The summed E-state index contributed by atoms with van der Waals surface area (Å²) in [6.07, 6.45) is 0.733. The number of benzene rings is 2. The molecule has 0 atom stereocenters. The van der Waals surface area contributed by atoms with E-state index in [-0.39, 0.29) is 17.4 Å². The van der Waals surface area contributed by atoms with E-state index in [0.29, 0.717) is 44.6 Å². The van der Waals surface area contributed by atoms with Gasteiger partial charge < -0.3 is 15.4 Å². The van der Waals surface area contributed by atoms with Crippen LogP contribution in [-0.2, 0) is 4.79 Å². The first-order valence-corrected chi connectivity index (χ1v) is 9.41. The lowest BCUT2D eigenvalue weighted by Crippen LogP contribution is -2.34. The van der Waals surface area contributed by atoms with Crippen LogP contribution in [0.4, 0.5) is 5.69 Å². The monoisotopic (exact) mass is 450 g/mol. The Labute approximate surface area is 176 Å². The molecule has 0 aromatic heterocycles. The molecule has 0 fully saturated rings. The highest BCUT2D eigenvalue weighted by atomic mass is 35.5. The molecule has 138 valence electrons. The lowest BCUT2D eigenvalue weighted by molar-refractivity contribution is -0.119. The van der Waals surface area contributed by atoms with Gasteiger partial charge in [0.2, 0.25) is 5.91 Å². The van der Waals surface area contributed by atoms with Crippen LogP contribution in [0.2, 0.25) is 20.1 Å². The van der Waals surface area contributed by atoms with Gasteiger partial charge in [0.1, 0.15) is 5.75 Å². The average Bonchev–Trinajstić information content (AvgIpc) is 2.56. The molecule has 2 aromatic carbocycles. The van der Waals surface area contributed by atoms with E-state index >= 15 is 0 Å². The van der Waals surface area contributed by atoms with Gasteiger partial charge in [-0.2, -0.15) is 0 Å². The van der Waals surface area contributed by atoms with Gasteiger partial charge in [-0.05, 0) is 55.0 Å². The van der Waals surface area contributed by atoms with Crippen LogP contribution in [0, 0.1) is 0 Å². The van der Waals surface area contributed by atoms with E-state index in [1.54, 1.807) is 36.4 Å². The molecule has 0 radical (unpaired) electrons. The van der Waals surface area contributed by atoms with Crippen molar-refractivity contribution in [1.82, 2.24) is 5.32 Å². The van der Waals surface area contributed by atoms with Gasteiger partial charge in [-0.1, -0.05) is 46.4 Å². The topological polar surface area (TPSA) is 50.4 Å². The molecule has 0 heterocycles. The van der Waals surface area contributed by atoms with Crippen LogP contribution in [-0.4, -0.2) is 17.6 Å². The number of thiocarbonyl (C=S) groups is 1. The van der Waals surface area contributed by atoms with E-state index in [0.717, 1.165) is 0 Å². The normalized spacial score (nSPS) is 10.3. The number of rotatable bonds is 6. The van der Waals surface area contributed by atoms with E-state index in [1.807, 2.05) is 0 Å². The molecule has 0 spiro atoms. The Balaban J connectivity index is 1.72. The smallest absolute Gasteiger partial charge is 0.226 e. The third-order valence-corrected chi connectivity index (χ3v) is 4.41. The van der Waals surface area contributed by atoms with Crippen molar-refractivity contribution in [2.24, 2.45) is 0 Å². The van der Waals surface area contributed by atoms with Crippen molar-refractivity contribution in [3.8, 4) is 5.75 Å². The summed E-state index contributed by atoms with van der Waals surface area (Å²) in [6.45, 7) is 0.331. The van der Waals surface area contributed by atoms with Crippen LogP contribution in [0.1, 0.15) is 12.8 Å². The summed E-state index contributed by atoms with van der Waals surface area (Å²) in [7, 11) is 0.